The Balaban J connectivity index is 1.58. The fourth-order valence-corrected chi connectivity index (χ4v) is 3.42. The van der Waals surface area contributed by atoms with Crippen LogP contribution in [0.5, 0.6) is 0 Å². The van der Waals surface area contributed by atoms with Gasteiger partial charge in [0.15, 0.2) is 5.82 Å². The maximum absolute atomic E-state index is 10.9. The number of pyridine rings is 2. The van der Waals surface area contributed by atoms with Crippen LogP contribution in [0.25, 0.3) is 22.6 Å². The number of imidazole rings is 1. The molecule has 0 spiro atoms. The number of hydrogen-bond acceptors (Lipinski definition) is 5. The van der Waals surface area contributed by atoms with E-state index in [0.717, 1.165) is 28.9 Å². The van der Waals surface area contributed by atoms with Gasteiger partial charge in [-0.1, -0.05) is 41.4 Å². The second kappa shape index (κ2) is 8.24. The summed E-state index contributed by atoms with van der Waals surface area (Å²) < 4.78 is 21.9. The van der Waals surface area contributed by atoms with Crippen molar-refractivity contribution in [1.29, 1.82) is 0 Å². The standard InChI is InChI=1S/C21H18N4O2S/c26-28(27)14-16-8-18(12-22-11-16)17-6-7-23-20(10-17)21-24-13-19(25-21)9-15-4-2-1-3-5-15/h1-8,10-13H,9,14H2,(H,24,25)(H,26,27)/p-1. The van der Waals surface area contributed by atoms with Crippen molar-refractivity contribution >= 4 is 11.1 Å². The van der Waals surface area contributed by atoms with Crippen LogP contribution in [0.1, 0.15) is 16.8 Å². The minimum absolute atomic E-state index is 0.0557. The van der Waals surface area contributed by atoms with E-state index in [0.29, 0.717) is 11.4 Å². The zero-order valence-corrected chi connectivity index (χ0v) is 15.7. The number of aromatic nitrogens is 4. The molecule has 3 aromatic heterocycles. The average Bonchev–Trinajstić information content (AvgIpc) is 3.17. The van der Waals surface area contributed by atoms with Crippen molar-refractivity contribution < 1.29 is 8.76 Å². The van der Waals surface area contributed by atoms with Crippen LogP contribution in [0.15, 0.2) is 73.3 Å². The summed E-state index contributed by atoms with van der Waals surface area (Å²) in [6, 6.07) is 15.8. The van der Waals surface area contributed by atoms with Gasteiger partial charge < -0.3 is 9.54 Å². The van der Waals surface area contributed by atoms with Gasteiger partial charge in [0.2, 0.25) is 0 Å². The number of hydrogen-bond donors (Lipinski definition) is 1. The van der Waals surface area contributed by atoms with E-state index in [4.69, 9.17) is 0 Å². The summed E-state index contributed by atoms with van der Waals surface area (Å²) in [7, 11) is 0. The fourth-order valence-electron chi connectivity index (χ4n) is 2.99. The Hall–Kier alpha value is -3.16. The van der Waals surface area contributed by atoms with Gasteiger partial charge in [0, 0.05) is 48.2 Å². The number of nitrogens with zero attached hydrogens (tertiary/aromatic N) is 3. The number of nitrogens with one attached hydrogen (secondary N) is 1. The molecule has 1 N–H and O–H groups in total. The third-order valence-corrected chi connectivity index (χ3v) is 4.85. The SMILES string of the molecule is O=S([O-])Cc1cncc(-c2ccnc(-c3ncc(Cc4ccccc4)[nH]3)c2)c1. The minimum Gasteiger partial charge on any atom is -0.772 e. The van der Waals surface area contributed by atoms with Gasteiger partial charge in [0.1, 0.15) is 5.69 Å². The quantitative estimate of drug-likeness (QED) is 0.509. The Labute approximate surface area is 165 Å². The summed E-state index contributed by atoms with van der Waals surface area (Å²) in [5.74, 6) is 0.636. The first-order chi connectivity index (χ1) is 13.7. The first-order valence-corrected chi connectivity index (χ1v) is 9.96. The Bertz CT molecular complexity index is 1110. The molecule has 0 saturated carbocycles. The summed E-state index contributed by atoms with van der Waals surface area (Å²) in [6.07, 6.45) is 7.57. The minimum atomic E-state index is -2.15. The van der Waals surface area contributed by atoms with Crippen molar-refractivity contribution in [2.75, 3.05) is 0 Å². The summed E-state index contributed by atoms with van der Waals surface area (Å²) in [6.45, 7) is 0. The van der Waals surface area contributed by atoms with Crippen LogP contribution < -0.4 is 0 Å². The van der Waals surface area contributed by atoms with Crippen molar-refractivity contribution in [3.05, 3.63) is 90.1 Å². The molecule has 0 amide bonds. The lowest BCUT2D eigenvalue weighted by Gasteiger charge is -2.07. The predicted molar refractivity (Wildman–Crippen MR) is 107 cm³/mol. The summed E-state index contributed by atoms with van der Waals surface area (Å²) >= 11 is -2.15. The molecule has 1 aromatic carbocycles. The summed E-state index contributed by atoms with van der Waals surface area (Å²) in [5.41, 5.74) is 5.31. The van der Waals surface area contributed by atoms with Gasteiger partial charge in [-0.05, 0) is 34.9 Å². The summed E-state index contributed by atoms with van der Waals surface area (Å²) in [4.78, 5) is 16.3. The van der Waals surface area contributed by atoms with E-state index in [2.05, 4.69) is 32.1 Å². The highest BCUT2D eigenvalue weighted by atomic mass is 32.2. The molecule has 0 aliphatic carbocycles. The van der Waals surface area contributed by atoms with Crippen LogP contribution in [0.4, 0.5) is 0 Å². The van der Waals surface area contributed by atoms with Crippen molar-refractivity contribution in [3.8, 4) is 22.6 Å². The maximum Gasteiger partial charge on any atom is 0.156 e. The van der Waals surface area contributed by atoms with E-state index >= 15 is 0 Å². The molecule has 28 heavy (non-hydrogen) atoms. The zero-order chi connectivity index (χ0) is 19.3. The van der Waals surface area contributed by atoms with Crippen LogP contribution in [-0.4, -0.2) is 28.7 Å². The van der Waals surface area contributed by atoms with Gasteiger partial charge in [-0.2, -0.15) is 0 Å². The van der Waals surface area contributed by atoms with Gasteiger partial charge in [-0.15, -0.1) is 0 Å². The molecule has 7 heteroatoms. The van der Waals surface area contributed by atoms with Crippen LogP contribution in [0.2, 0.25) is 0 Å². The molecule has 0 bridgehead atoms. The smallest absolute Gasteiger partial charge is 0.156 e. The normalized spacial score (nSPS) is 12.0. The molecule has 4 aromatic rings. The molecule has 0 saturated heterocycles. The predicted octanol–water partition coefficient (Wildman–Crippen LogP) is 3.50. The van der Waals surface area contributed by atoms with Crippen molar-refractivity contribution in [3.63, 3.8) is 0 Å². The number of benzene rings is 1. The molecule has 140 valence electrons. The molecule has 0 aliphatic heterocycles. The third-order valence-electron chi connectivity index (χ3n) is 4.28. The van der Waals surface area contributed by atoms with Crippen LogP contribution in [-0.2, 0) is 23.3 Å². The van der Waals surface area contributed by atoms with Crippen molar-refractivity contribution in [2.45, 2.75) is 12.2 Å². The third kappa shape index (κ3) is 4.39. The van der Waals surface area contributed by atoms with Gasteiger partial charge in [0.25, 0.3) is 0 Å². The van der Waals surface area contributed by atoms with Crippen molar-refractivity contribution in [1.82, 2.24) is 19.9 Å². The number of H-pyrrole nitrogens is 1. The topological polar surface area (TPSA) is 94.6 Å². The van der Waals surface area contributed by atoms with E-state index < -0.39 is 11.1 Å². The maximum atomic E-state index is 10.9. The monoisotopic (exact) mass is 389 g/mol. The Morgan fingerprint density at radius 2 is 1.79 bits per heavy atom. The zero-order valence-electron chi connectivity index (χ0n) is 14.9. The molecular formula is C21H17N4O2S-. The summed E-state index contributed by atoms with van der Waals surface area (Å²) in [5, 5.41) is 0. The van der Waals surface area contributed by atoms with Crippen LogP contribution >= 0.6 is 0 Å². The Morgan fingerprint density at radius 3 is 2.61 bits per heavy atom. The highest BCUT2D eigenvalue weighted by Crippen LogP contribution is 2.24. The van der Waals surface area contributed by atoms with Gasteiger partial charge in [-0.25, -0.2) is 4.98 Å². The largest absolute Gasteiger partial charge is 0.772 e. The molecule has 0 fully saturated rings. The van der Waals surface area contributed by atoms with Crippen LogP contribution in [0, 0.1) is 0 Å². The molecule has 0 aliphatic rings. The van der Waals surface area contributed by atoms with E-state index in [-0.39, 0.29) is 5.75 Å². The van der Waals surface area contributed by atoms with E-state index in [1.165, 1.54) is 5.56 Å². The lowest BCUT2D eigenvalue weighted by atomic mass is 10.1. The molecular weight excluding hydrogens is 372 g/mol. The first kappa shape index (κ1) is 18.2. The highest BCUT2D eigenvalue weighted by Gasteiger charge is 2.08. The van der Waals surface area contributed by atoms with E-state index in [1.54, 1.807) is 18.6 Å². The first-order valence-electron chi connectivity index (χ1n) is 8.72. The molecule has 4 rings (SSSR count). The highest BCUT2D eigenvalue weighted by molar-refractivity contribution is 7.78. The molecule has 1 atom stereocenters. The number of aromatic amines is 1. The van der Waals surface area contributed by atoms with Crippen molar-refractivity contribution in [2.24, 2.45) is 0 Å². The molecule has 6 nitrogen and oxygen atoms in total. The number of rotatable bonds is 6. The van der Waals surface area contributed by atoms with Gasteiger partial charge in [0.05, 0.1) is 0 Å². The average molecular weight is 389 g/mol. The van der Waals surface area contributed by atoms with E-state index in [9.17, 15) is 8.76 Å². The molecule has 1 unspecified atom stereocenters. The Kier molecular flexibility index (Phi) is 5.36. The van der Waals surface area contributed by atoms with Crippen LogP contribution in [0.3, 0.4) is 0 Å². The Morgan fingerprint density at radius 1 is 0.929 bits per heavy atom. The van der Waals surface area contributed by atoms with E-state index in [1.807, 2.05) is 42.6 Å². The second-order valence-electron chi connectivity index (χ2n) is 6.38. The van der Waals surface area contributed by atoms with Gasteiger partial charge >= 0.3 is 0 Å². The lowest BCUT2D eigenvalue weighted by molar-refractivity contribution is 0.536. The molecule has 3 heterocycles. The lowest BCUT2D eigenvalue weighted by Crippen LogP contribution is -1.95. The molecule has 0 radical (unpaired) electrons. The fraction of sp³-hybridized carbons (Fsp3) is 0.0952. The second-order valence-corrected chi connectivity index (χ2v) is 7.28. The van der Waals surface area contributed by atoms with Gasteiger partial charge in [-0.3, -0.25) is 14.2 Å².